The molecule has 0 aliphatic rings. The van der Waals surface area contributed by atoms with Gasteiger partial charge in [-0.2, -0.15) is 0 Å². The lowest BCUT2D eigenvalue weighted by Crippen LogP contribution is -2.17. The first-order valence-electron chi connectivity index (χ1n) is 11.2. The van der Waals surface area contributed by atoms with Crippen molar-refractivity contribution < 1.29 is 34.9 Å². The minimum absolute atomic E-state index is 0.0727. The molecule has 3 nitrogen and oxygen atoms in total. The second-order valence-electron chi connectivity index (χ2n) is 9.03. The van der Waals surface area contributed by atoms with Gasteiger partial charge < -0.3 is 4.55 Å². The van der Waals surface area contributed by atoms with Crippen molar-refractivity contribution in [2.45, 2.75) is 45.8 Å². The summed E-state index contributed by atoms with van der Waals surface area (Å²) in [6.45, 7) is 6.88. The number of hydrogen-bond acceptors (Lipinski definition) is 3. The lowest BCUT2D eigenvalue weighted by atomic mass is 9.87. The third-order valence-corrected chi connectivity index (χ3v) is 8.43. The summed E-state index contributed by atoms with van der Waals surface area (Å²) < 4.78 is 92.9. The van der Waals surface area contributed by atoms with Crippen molar-refractivity contribution in [1.82, 2.24) is 0 Å². The third-order valence-electron chi connectivity index (χ3n) is 5.29. The van der Waals surface area contributed by atoms with Gasteiger partial charge in [-0.25, -0.2) is 30.4 Å². The first-order valence-corrected chi connectivity index (χ1v) is 13.8. The second-order valence-corrected chi connectivity index (χ2v) is 12.3. The van der Waals surface area contributed by atoms with E-state index in [0.29, 0.717) is 0 Å². The Morgan fingerprint density at radius 2 is 0.974 bits per heavy atom. The molecule has 200 valence electrons. The molecule has 0 aliphatic heterocycles. The molecule has 0 atom stereocenters. The van der Waals surface area contributed by atoms with Crippen LogP contribution < -0.4 is 0 Å². The van der Waals surface area contributed by atoms with Gasteiger partial charge in [-0.15, -0.1) is 0 Å². The van der Waals surface area contributed by atoms with Crippen molar-refractivity contribution in [3.05, 3.63) is 120 Å². The summed E-state index contributed by atoms with van der Waals surface area (Å²) in [4.78, 5) is 1.79. The van der Waals surface area contributed by atoms with Crippen LogP contribution in [-0.2, 0) is 26.4 Å². The minimum atomic E-state index is -5.77. The summed E-state index contributed by atoms with van der Waals surface area (Å²) in [7, 11) is -5.85. The van der Waals surface area contributed by atoms with Crippen LogP contribution in [0.4, 0.5) is 22.0 Å². The zero-order valence-electron chi connectivity index (χ0n) is 20.5. The van der Waals surface area contributed by atoms with Crippen LogP contribution in [0.3, 0.4) is 0 Å². The molecule has 4 aromatic rings. The maximum absolute atomic E-state index is 12.6. The van der Waals surface area contributed by atoms with Crippen LogP contribution in [0.2, 0.25) is 0 Å². The average Bonchev–Trinajstić information content (AvgIpc) is 2.87. The van der Waals surface area contributed by atoms with Crippen LogP contribution in [0, 0.1) is 29.1 Å². The Kier molecular flexibility index (Phi) is 9.01. The van der Waals surface area contributed by atoms with Gasteiger partial charge in [0.05, 0.1) is 10.9 Å². The van der Waals surface area contributed by atoms with Crippen molar-refractivity contribution in [3.8, 4) is 0 Å². The molecule has 0 aromatic heterocycles. The van der Waals surface area contributed by atoms with Crippen molar-refractivity contribution in [3.63, 3.8) is 0 Å². The van der Waals surface area contributed by atoms with E-state index in [-0.39, 0.29) is 16.3 Å². The van der Waals surface area contributed by atoms with E-state index in [9.17, 15) is 34.9 Å². The predicted octanol–water partition coefficient (Wildman–Crippen LogP) is 7.37. The number of hydrogen-bond donors (Lipinski definition) is 0. The topological polar surface area (TPSA) is 57.2 Å². The molecule has 0 saturated heterocycles. The van der Waals surface area contributed by atoms with Crippen molar-refractivity contribution >= 4 is 21.0 Å². The molecule has 10 heteroatoms. The Labute approximate surface area is 221 Å². The van der Waals surface area contributed by atoms with Gasteiger partial charge in [0.15, 0.2) is 38.0 Å². The maximum Gasteiger partial charge on any atom is 0.200 e. The molecule has 38 heavy (non-hydrogen) atoms. The normalized spacial score (nSPS) is 11.7. The van der Waals surface area contributed by atoms with Crippen LogP contribution in [0.1, 0.15) is 26.3 Å². The van der Waals surface area contributed by atoms with Gasteiger partial charge in [0.25, 0.3) is 0 Å². The van der Waals surface area contributed by atoms with Crippen LogP contribution in [-0.4, -0.2) is 13.0 Å². The monoisotopic (exact) mass is 566 g/mol. The molecule has 0 saturated carbocycles. The van der Waals surface area contributed by atoms with Crippen LogP contribution >= 0.6 is 0 Å². The molecule has 0 fully saturated rings. The Morgan fingerprint density at radius 3 is 1.37 bits per heavy atom. The fourth-order valence-electron chi connectivity index (χ4n) is 3.57. The highest BCUT2D eigenvalue weighted by Crippen LogP contribution is 2.37. The van der Waals surface area contributed by atoms with Gasteiger partial charge in [-0.05, 0) is 35.7 Å². The summed E-state index contributed by atoms with van der Waals surface area (Å²) in [6.07, 6.45) is 0. The van der Waals surface area contributed by atoms with E-state index in [0.717, 1.165) is 0 Å². The highest BCUT2D eigenvalue weighted by atomic mass is 32.2. The second kappa shape index (κ2) is 11.7. The van der Waals surface area contributed by atoms with E-state index in [1.165, 1.54) is 20.2 Å². The van der Waals surface area contributed by atoms with E-state index in [2.05, 4.69) is 106 Å². The Hall–Kier alpha value is -3.21. The number of benzene rings is 4. The summed E-state index contributed by atoms with van der Waals surface area (Å²) >= 11 is 0. The van der Waals surface area contributed by atoms with Crippen LogP contribution in [0.5, 0.6) is 0 Å². The third kappa shape index (κ3) is 6.43. The molecule has 4 aromatic carbocycles. The number of rotatable bonds is 4. The van der Waals surface area contributed by atoms with Crippen molar-refractivity contribution in [1.29, 1.82) is 0 Å². The highest BCUT2D eigenvalue weighted by molar-refractivity contribution is 7.97. The van der Waals surface area contributed by atoms with Gasteiger partial charge >= 0.3 is 0 Å². The smallest absolute Gasteiger partial charge is 0.200 e. The lowest BCUT2D eigenvalue weighted by Gasteiger charge is -2.22. The molecular formula is C28H23F5O3S2. The fraction of sp³-hybridized carbons (Fsp3) is 0.143. The summed E-state index contributed by atoms with van der Waals surface area (Å²) in [5.74, 6) is -12.8. The lowest BCUT2D eigenvalue weighted by molar-refractivity contribution is 0.350. The van der Waals surface area contributed by atoms with Gasteiger partial charge in [0, 0.05) is 5.56 Å². The van der Waals surface area contributed by atoms with Gasteiger partial charge in [-0.3, -0.25) is 0 Å². The molecular weight excluding hydrogens is 543 g/mol. The minimum Gasteiger partial charge on any atom is -0.744 e. The first kappa shape index (κ1) is 29.3. The Balaban J connectivity index is 0.000000232. The molecule has 0 radical (unpaired) electrons. The molecule has 4 rings (SSSR count). The molecule has 0 N–H and O–H groups in total. The van der Waals surface area contributed by atoms with E-state index in [1.54, 1.807) is 0 Å². The Bertz CT molecular complexity index is 1450. The summed E-state index contributed by atoms with van der Waals surface area (Å²) in [6, 6.07) is 30.6. The van der Waals surface area contributed by atoms with Gasteiger partial charge in [0.1, 0.15) is 15.0 Å². The zero-order valence-corrected chi connectivity index (χ0v) is 22.1. The van der Waals surface area contributed by atoms with E-state index < -0.39 is 44.1 Å². The standard InChI is InChI=1S/C22H23S.C6HF5O3S/c1-22(2,3)20-16-10-11-17-21(20)23(18-12-6-4-7-13-18)19-14-8-5-9-15-19;7-1-2(8)4(10)6(15(12,13)14)5(11)3(1)9/h4-17H,1-3H3;(H,12,13,14)/q+1;/p-1. The average molecular weight is 567 g/mol. The van der Waals surface area contributed by atoms with E-state index in [1.807, 2.05) is 0 Å². The first-order chi connectivity index (χ1) is 17.7. The molecule has 0 spiro atoms. The van der Waals surface area contributed by atoms with E-state index >= 15 is 0 Å². The zero-order chi connectivity index (χ0) is 28.3. The van der Waals surface area contributed by atoms with Crippen molar-refractivity contribution in [2.24, 2.45) is 0 Å². The van der Waals surface area contributed by atoms with Gasteiger partial charge in [0.2, 0.25) is 5.82 Å². The SMILES string of the molecule is CC(C)(C)c1ccccc1[S+](c1ccccc1)c1ccccc1.O=S(=O)([O-])c1c(F)c(F)c(F)c(F)c1F. The summed E-state index contributed by atoms with van der Waals surface area (Å²) in [5, 5.41) is 0. The van der Waals surface area contributed by atoms with Crippen LogP contribution in [0.25, 0.3) is 0 Å². The largest absolute Gasteiger partial charge is 0.744 e. The van der Waals surface area contributed by atoms with Crippen LogP contribution in [0.15, 0.2) is 105 Å². The van der Waals surface area contributed by atoms with E-state index in [4.69, 9.17) is 0 Å². The maximum atomic E-state index is 12.6. The van der Waals surface area contributed by atoms with Gasteiger partial charge in [-0.1, -0.05) is 75.4 Å². The highest BCUT2D eigenvalue weighted by Gasteiger charge is 2.34. The molecule has 0 heterocycles. The molecule has 0 aliphatic carbocycles. The quantitative estimate of drug-likeness (QED) is 0.0853. The van der Waals surface area contributed by atoms with Crippen molar-refractivity contribution in [2.75, 3.05) is 0 Å². The summed E-state index contributed by atoms with van der Waals surface area (Å²) in [5.41, 5.74) is 1.56. The Morgan fingerprint density at radius 1 is 0.605 bits per heavy atom. The predicted molar refractivity (Wildman–Crippen MR) is 134 cm³/mol. The molecule has 0 unspecified atom stereocenters. The molecule has 0 amide bonds. The molecule has 0 bridgehead atoms. The number of halogens is 5. The fourth-order valence-corrected chi connectivity index (χ4v) is 6.64.